The lowest BCUT2D eigenvalue weighted by atomic mass is 9.77. The smallest absolute Gasteiger partial charge is 0.0945 e. The average molecular weight is 195 g/mol. The van der Waals surface area contributed by atoms with E-state index in [0.29, 0.717) is 0 Å². The zero-order chi connectivity index (χ0) is 10.0. The van der Waals surface area contributed by atoms with Crippen LogP contribution in [0.3, 0.4) is 0 Å². The van der Waals surface area contributed by atoms with E-state index in [1.165, 1.54) is 6.42 Å². The fraction of sp³-hybridized carbons (Fsp3) is 0.700. The fourth-order valence-corrected chi connectivity index (χ4v) is 1.83. The maximum atomic E-state index is 9.25. The molecule has 1 fully saturated rings. The summed E-state index contributed by atoms with van der Waals surface area (Å²) in [5.41, 5.74) is 1.15. The number of aryl methyl sites for hydroxylation is 1. The predicted octanol–water partition coefficient (Wildman–Crippen LogP) is 0.425. The number of nitrogens with one attached hydrogen (secondary N) is 1. The van der Waals surface area contributed by atoms with Crippen molar-refractivity contribution in [3.05, 3.63) is 18.2 Å². The van der Waals surface area contributed by atoms with Gasteiger partial charge in [0.2, 0.25) is 0 Å². The maximum absolute atomic E-state index is 9.25. The molecule has 0 unspecified atom stereocenters. The van der Waals surface area contributed by atoms with Crippen LogP contribution in [0.15, 0.2) is 12.5 Å². The third-order valence-electron chi connectivity index (χ3n) is 3.17. The van der Waals surface area contributed by atoms with Crippen molar-refractivity contribution in [2.24, 2.45) is 7.05 Å². The summed E-state index contributed by atoms with van der Waals surface area (Å²) in [7, 11) is 1.98. The summed E-state index contributed by atoms with van der Waals surface area (Å²) in [4.78, 5) is 4.05. The van der Waals surface area contributed by atoms with Crippen LogP contribution in [0.1, 0.15) is 25.0 Å². The Balaban J connectivity index is 1.90. The van der Waals surface area contributed by atoms with Gasteiger partial charge in [-0.05, 0) is 19.3 Å². The molecule has 1 aromatic heterocycles. The molecule has 0 atom stereocenters. The second-order valence-electron chi connectivity index (χ2n) is 4.14. The molecule has 78 valence electrons. The highest BCUT2D eigenvalue weighted by Gasteiger charge is 2.35. The van der Waals surface area contributed by atoms with Crippen molar-refractivity contribution >= 4 is 0 Å². The summed E-state index contributed by atoms with van der Waals surface area (Å²) < 4.78 is 2.00. The molecule has 1 heterocycles. The molecular formula is C10H17N3O. The number of aliphatic hydroxyl groups excluding tert-OH is 1. The van der Waals surface area contributed by atoms with Crippen LogP contribution in [0.4, 0.5) is 0 Å². The number of nitrogens with zero attached hydrogens (tertiary/aromatic N) is 2. The number of hydrogen-bond donors (Lipinski definition) is 2. The van der Waals surface area contributed by atoms with Crippen molar-refractivity contribution in [1.82, 2.24) is 14.9 Å². The van der Waals surface area contributed by atoms with Crippen LogP contribution in [0, 0.1) is 0 Å². The van der Waals surface area contributed by atoms with Gasteiger partial charge in [0, 0.05) is 25.3 Å². The molecule has 1 aromatic rings. The number of aliphatic hydroxyl groups is 1. The predicted molar refractivity (Wildman–Crippen MR) is 53.7 cm³/mol. The highest BCUT2D eigenvalue weighted by atomic mass is 16.3. The summed E-state index contributed by atoms with van der Waals surface area (Å²) in [5, 5.41) is 12.7. The minimum absolute atomic E-state index is 0.00965. The molecule has 0 radical (unpaired) electrons. The Labute approximate surface area is 84.0 Å². The normalized spacial score (nSPS) is 19.3. The molecule has 4 nitrogen and oxygen atoms in total. The lowest BCUT2D eigenvalue weighted by Crippen LogP contribution is -2.53. The molecule has 0 amide bonds. The molecule has 2 rings (SSSR count). The van der Waals surface area contributed by atoms with Crippen molar-refractivity contribution in [3.63, 3.8) is 0 Å². The van der Waals surface area contributed by atoms with Crippen LogP contribution < -0.4 is 5.32 Å². The second kappa shape index (κ2) is 3.71. The van der Waals surface area contributed by atoms with Gasteiger partial charge < -0.3 is 15.0 Å². The third-order valence-corrected chi connectivity index (χ3v) is 3.17. The standard InChI is InChI=1S/C10H17N3O/c1-13-8-11-5-9(13)6-12-10(7-14)3-2-4-10/h5,8,12,14H,2-4,6-7H2,1H3. The van der Waals surface area contributed by atoms with E-state index in [4.69, 9.17) is 0 Å². The first-order chi connectivity index (χ1) is 6.76. The van der Waals surface area contributed by atoms with Gasteiger partial charge in [-0.1, -0.05) is 0 Å². The van der Waals surface area contributed by atoms with Gasteiger partial charge in [-0.25, -0.2) is 4.98 Å². The molecule has 1 aliphatic carbocycles. The summed E-state index contributed by atoms with van der Waals surface area (Å²) in [5.74, 6) is 0. The van der Waals surface area contributed by atoms with Gasteiger partial charge in [0.15, 0.2) is 0 Å². The van der Waals surface area contributed by atoms with Crippen molar-refractivity contribution in [2.45, 2.75) is 31.3 Å². The molecule has 1 saturated carbocycles. The lowest BCUT2D eigenvalue weighted by molar-refractivity contribution is 0.0866. The Morgan fingerprint density at radius 2 is 2.43 bits per heavy atom. The van der Waals surface area contributed by atoms with Crippen LogP contribution >= 0.6 is 0 Å². The number of aromatic nitrogens is 2. The fourth-order valence-electron chi connectivity index (χ4n) is 1.83. The number of rotatable bonds is 4. The Bertz CT molecular complexity index is 299. The van der Waals surface area contributed by atoms with E-state index in [2.05, 4.69) is 10.3 Å². The average Bonchev–Trinajstić information content (AvgIpc) is 2.51. The number of hydrogen-bond acceptors (Lipinski definition) is 3. The van der Waals surface area contributed by atoms with E-state index in [9.17, 15) is 5.11 Å². The zero-order valence-electron chi connectivity index (χ0n) is 8.53. The molecule has 0 bridgehead atoms. The molecule has 4 heteroatoms. The van der Waals surface area contributed by atoms with Crippen LogP contribution in [0.25, 0.3) is 0 Å². The van der Waals surface area contributed by atoms with Gasteiger partial charge in [0.25, 0.3) is 0 Å². The van der Waals surface area contributed by atoms with Gasteiger partial charge >= 0.3 is 0 Å². The van der Waals surface area contributed by atoms with Gasteiger partial charge in [-0.15, -0.1) is 0 Å². The summed E-state index contributed by atoms with van der Waals surface area (Å²) in [6, 6.07) is 0. The van der Waals surface area contributed by atoms with Gasteiger partial charge in [0.05, 0.1) is 18.6 Å². The second-order valence-corrected chi connectivity index (χ2v) is 4.14. The van der Waals surface area contributed by atoms with E-state index >= 15 is 0 Å². The van der Waals surface area contributed by atoms with Gasteiger partial charge in [0.1, 0.15) is 0 Å². The molecular weight excluding hydrogens is 178 g/mol. The van der Waals surface area contributed by atoms with Crippen molar-refractivity contribution in [1.29, 1.82) is 0 Å². The SMILES string of the molecule is Cn1cncc1CNC1(CO)CCC1. The number of imidazole rings is 1. The Hall–Kier alpha value is -0.870. The van der Waals surface area contributed by atoms with E-state index < -0.39 is 0 Å². The first-order valence-corrected chi connectivity index (χ1v) is 5.07. The van der Waals surface area contributed by atoms with Crippen molar-refractivity contribution in [2.75, 3.05) is 6.61 Å². The monoisotopic (exact) mass is 195 g/mol. The maximum Gasteiger partial charge on any atom is 0.0945 e. The van der Waals surface area contributed by atoms with E-state index in [1.807, 2.05) is 17.8 Å². The highest BCUT2D eigenvalue weighted by molar-refractivity contribution is 5.01. The van der Waals surface area contributed by atoms with E-state index in [0.717, 1.165) is 25.1 Å². The van der Waals surface area contributed by atoms with Crippen LogP contribution in [-0.2, 0) is 13.6 Å². The molecule has 1 aliphatic rings. The third kappa shape index (κ3) is 1.67. The van der Waals surface area contributed by atoms with Crippen molar-refractivity contribution in [3.8, 4) is 0 Å². The summed E-state index contributed by atoms with van der Waals surface area (Å²) in [6.45, 7) is 1.03. The summed E-state index contributed by atoms with van der Waals surface area (Å²) in [6.07, 6.45) is 7.04. The van der Waals surface area contributed by atoms with E-state index in [-0.39, 0.29) is 12.1 Å². The Kier molecular flexibility index (Phi) is 2.56. The van der Waals surface area contributed by atoms with Gasteiger partial charge in [-0.2, -0.15) is 0 Å². The van der Waals surface area contributed by atoms with Crippen LogP contribution in [0.2, 0.25) is 0 Å². The first-order valence-electron chi connectivity index (χ1n) is 5.07. The Morgan fingerprint density at radius 3 is 2.86 bits per heavy atom. The zero-order valence-corrected chi connectivity index (χ0v) is 8.53. The molecule has 2 N–H and O–H groups in total. The largest absolute Gasteiger partial charge is 0.394 e. The molecule has 0 saturated heterocycles. The lowest BCUT2D eigenvalue weighted by Gasteiger charge is -2.41. The minimum Gasteiger partial charge on any atom is -0.394 e. The quantitative estimate of drug-likeness (QED) is 0.732. The van der Waals surface area contributed by atoms with Crippen molar-refractivity contribution < 1.29 is 5.11 Å². The van der Waals surface area contributed by atoms with Crippen LogP contribution in [0.5, 0.6) is 0 Å². The van der Waals surface area contributed by atoms with Crippen LogP contribution in [-0.4, -0.2) is 26.8 Å². The highest BCUT2D eigenvalue weighted by Crippen LogP contribution is 2.31. The molecule has 0 aliphatic heterocycles. The van der Waals surface area contributed by atoms with E-state index in [1.54, 1.807) is 6.33 Å². The topological polar surface area (TPSA) is 50.1 Å². The molecule has 14 heavy (non-hydrogen) atoms. The molecule has 0 aromatic carbocycles. The molecule has 0 spiro atoms. The Morgan fingerprint density at radius 1 is 1.64 bits per heavy atom. The van der Waals surface area contributed by atoms with Gasteiger partial charge in [-0.3, -0.25) is 0 Å². The first kappa shape index (κ1) is 9.68. The minimum atomic E-state index is -0.00965. The summed E-state index contributed by atoms with van der Waals surface area (Å²) >= 11 is 0.